The summed E-state index contributed by atoms with van der Waals surface area (Å²) in [5.41, 5.74) is 5.03. The van der Waals surface area contributed by atoms with Crippen LogP contribution in [0.1, 0.15) is 33.1 Å². The van der Waals surface area contributed by atoms with Crippen LogP contribution in [0.4, 0.5) is 0 Å². The molecule has 0 radical (unpaired) electrons. The predicted octanol–water partition coefficient (Wildman–Crippen LogP) is 7.94. The lowest BCUT2D eigenvalue weighted by Gasteiger charge is -2.24. The minimum absolute atomic E-state index is 0.161. The van der Waals surface area contributed by atoms with Gasteiger partial charge in [0.25, 0.3) is 0 Å². The Balaban J connectivity index is 1.88. The minimum Gasteiger partial charge on any atom is -0.497 e. The molecule has 0 aliphatic carbocycles. The molecule has 226 valence electrons. The van der Waals surface area contributed by atoms with Crippen molar-refractivity contribution in [2.45, 2.75) is 11.0 Å². The Morgan fingerprint density at radius 1 is 0.535 bits per heavy atom. The molecule has 0 saturated heterocycles. The van der Waals surface area contributed by atoms with Gasteiger partial charge in [-0.3, -0.25) is 0 Å². The summed E-state index contributed by atoms with van der Waals surface area (Å²) in [6.07, 6.45) is 4.09. The van der Waals surface area contributed by atoms with E-state index in [1.54, 1.807) is 61.5 Å². The van der Waals surface area contributed by atoms with Crippen LogP contribution in [0.3, 0.4) is 0 Å². The SMILES string of the molecule is COc1ccc(CSC(c2cc(OC)cc(OC)c2)c2c(/C=C/c3cc(OC)cc(OC)c3)cc(OC)cc2OC)cc1. The first-order valence-corrected chi connectivity index (χ1v) is 14.6. The number of methoxy groups -OCH3 is 7. The monoisotopic (exact) mass is 602 g/mol. The molecule has 4 aromatic carbocycles. The number of hydrogen-bond donors (Lipinski definition) is 0. The van der Waals surface area contributed by atoms with Gasteiger partial charge in [0.1, 0.15) is 40.2 Å². The first kappa shape index (κ1) is 31.5. The van der Waals surface area contributed by atoms with E-state index in [9.17, 15) is 0 Å². The van der Waals surface area contributed by atoms with Gasteiger partial charge in [-0.25, -0.2) is 0 Å². The van der Waals surface area contributed by atoms with Crippen molar-refractivity contribution >= 4 is 23.9 Å². The molecule has 7 nitrogen and oxygen atoms in total. The molecule has 0 N–H and O–H groups in total. The highest BCUT2D eigenvalue weighted by molar-refractivity contribution is 7.99. The lowest BCUT2D eigenvalue weighted by atomic mass is 9.96. The Morgan fingerprint density at radius 3 is 1.56 bits per heavy atom. The molecule has 0 bridgehead atoms. The molecule has 8 heteroatoms. The zero-order chi connectivity index (χ0) is 30.8. The lowest BCUT2D eigenvalue weighted by molar-refractivity contribution is 0.390. The second kappa shape index (κ2) is 15.2. The Hall–Kier alpha value is -4.43. The largest absolute Gasteiger partial charge is 0.497 e. The van der Waals surface area contributed by atoms with Gasteiger partial charge in [-0.2, -0.15) is 0 Å². The lowest BCUT2D eigenvalue weighted by Crippen LogP contribution is -2.05. The first-order chi connectivity index (χ1) is 20.9. The van der Waals surface area contributed by atoms with Crippen molar-refractivity contribution in [3.8, 4) is 40.2 Å². The number of thioether (sulfide) groups is 1. The molecule has 0 heterocycles. The highest BCUT2D eigenvalue weighted by Crippen LogP contribution is 2.47. The maximum atomic E-state index is 6.01. The molecule has 43 heavy (non-hydrogen) atoms. The Kier molecular flexibility index (Phi) is 11.1. The van der Waals surface area contributed by atoms with Crippen LogP contribution >= 0.6 is 11.8 Å². The number of benzene rings is 4. The highest BCUT2D eigenvalue weighted by atomic mass is 32.2. The fourth-order valence-corrected chi connectivity index (χ4v) is 5.97. The zero-order valence-corrected chi connectivity index (χ0v) is 26.4. The predicted molar refractivity (Wildman–Crippen MR) is 174 cm³/mol. The van der Waals surface area contributed by atoms with E-state index in [-0.39, 0.29) is 5.25 Å². The molecule has 4 aromatic rings. The van der Waals surface area contributed by atoms with Crippen LogP contribution in [-0.2, 0) is 5.75 Å². The van der Waals surface area contributed by atoms with Crippen LogP contribution in [-0.4, -0.2) is 49.8 Å². The van der Waals surface area contributed by atoms with Crippen molar-refractivity contribution in [3.63, 3.8) is 0 Å². The van der Waals surface area contributed by atoms with Crippen LogP contribution in [0, 0.1) is 0 Å². The number of hydrogen-bond acceptors (Lipinski definition) is 8. The second-order valence-corrected chi connectivity index (χ2v) is 10.6. The Morgan fingerprint density at radius 2 is 1.05 bits per heavy atom. The summed E-state index contributed by atoms with van der Waals surface area (Å²) in [7, 11) is 11.6. The molecule has 0 spiro atoms. The van der Waals surface area contributed by atoms with Gasteiger partial charge in [0.05, 0.1) is 55.0 Å². The molecule has 4 rings (SSSR count). The highest BCUT2D eigenvalue weighted by Gasteiger charge is 2.25. The summed E-state index contributed by atoms with van der Waals surface area (Å²) < 4.78 is 39.3. The maximum Gasteiger partial charge on any atom is 0.127 e. The topological polar surface area (TPSA) is 64.6 Å². The maximum absolute atomic E-state index is 6.01. The van der Waals surface area contributed by atoms with Gasteiger partial charge in [0.2, 0.25) is 0 Å². The average molecular weight is 603 g/mol. The van der Waals surface area contributed by atoms with Crippen molar-refractivity contribution in [2.75, 3.05) is 49.8 Å². The minimum atomic E-state index is -0.161. The third-order valence-electron chi connectivity index (χ3n) is 6.95. The molecule has 0 aromatic heterocycles. The van der Waals surface area contributed by atoms with E-state index in [0.717, 1.165) is 33.8 Å². The molecule has 0 saturated carbocycles. The van der Waals surface area contributed by atoms with Crippen molar-refractivity contribution in [3.05, 3.63) is 101 Å². The van der Waals surface area contributed by atoms with Crippen LogP contribution in [0.2, 0.25) is 0 Å². The fraction of sp³-hybridized carbons (Fsp3) is 0.257. The summed E-state index contributed by atoms with van der Waals surface area (Å²) >= 11 is 1.78. The van der Waals surface area contributed by atoms with Gasteiger partial charge < -0.3 is 33.2 Å². The molecule has 0 aliphatic heterocycles. The molecule has 0 aliphatic rings. The summed E-state index contributed by atoms with van der Waals surface area (Å²) in [6.45, 7) is 0. The molecule has 0 amide bonds. The molecule has 1 unspecified atom stereocenters. The van der Waals surface area contributed by atoms with E-state index in [4.69, 9.17) is 33.2 Å². The van der Waals surface area contributed by atoms with Crippen LogP contribution in [0.15, 0.2) is 72.8 Å². The normalized spacial score (nSPS) is 11.6. The summed E-state index contributed by atoms with van der Waals surface area (Å²) in [5, 5.41) is -0.161. The van der Waals surface area contributed by atoms with E-state index in [1.165, 1.54) is 5.56 Å². The van der Waals surface area contributed by atoms with Crippen molar-refractivity contribution < 1.29 is 33.2 Å². The first-order valence-electron chi connectivity index (χ1n) is 13.6. The van der Waals surface area contributed by atoms with E-state index in [2.05, 4.69) is 18.2 Å². The van der Waals surface area contributed by atoms with Gasteiger partial charge in [0.15, 0.2) is 0 Å². The van der Waals surface area contributed by atoms with Gasteiger partial charge in [-0.05, 0) is 64.7 Å². The Bertz CT molecular complexity index is 1490. The van der Waals surface area contributed by atoms with Gasteiger partial charge in [0, 0.05) is 29.5 Å². The van der Waals surface area contributed by atoms with E-state index in [0.29, 0.717) is 34.5 Å². The standard InChI is InChI=1S/C35H38O7S/c1-36-27-12-9-23(10-13-27)22-43-35(26-17-30(39-4)20-31(18-26)40-5)34-25(16-32(41-6)21-33(34)42-7)11-8-24-14-28(37-2)19-29(15-24)38-3/h8-21,35H,22H2,1-7H3/b11-8+. The molecule has 1 atom stereocenters. The Labute approximate surface area is 258 Å². The number of rotatable bonds is 14. The van der Waals surface area contributed by atoms with E-state index >= 15 is 0 Å². The van der Waals surface area contributed by atoms with Crippen LogP contribution < -0.4 is 33.2 Å². The summed E-state index contributed by atoms with van der Waals surface area (Å²) in [6, 6.07) is 23.8. The van der Waals surface area contributed by atoms with Crippen LogP contribution in [0.25, 0.3) is 12.2 Å². The summed E-state index contributed by atoms with van der Waals surface area (Å²) in [4.78, 5) is 0. The second-order valence-electron chi connectivity index (χ2n) is 9.50. The average Bonchev–Trinajstić information content (AvgIpc) is 3.07. The third kappa shape index (κ3) is 7.90. The quantitative estimate of drug-likeness (QED) is 0.135. The smallest absolute Gasteiger partial charge is 0.127 e. The van der Waals surface area contributed by atoms with Crippen LogP contribution in [0.5, 0.6) is 40.2 Å². The van der Waals surface area contributed by atoms with E-state index < -0.39 is 0 Å². The van der Waals surface area contributed by atoms with Crippen molar-refractivity contribution in [1.29, 1.82) is 0 Å². The zero-order valence-electron chi connectivity index (χ0n) is 25.6. The fourth-order valence-electron chi connectivity index (χ4n) is 4.67. The molecule has 0 fully saturated rings. The van der Waals surface area contributed by atoms with Crippen molar-refractivity contribution in [2.24, 2.45) is 0 Å². The van der Waals surface area contributed by atoms with Gasteiger partial charge >= 0.3 is 0 Å². The van der Waals surface area contributed by atoms with Gasteiger partial charge in [-0.1, -0.05) is 24.3 Å². The molecular weight excluding hydrogens is 564 g/mol. The van der Waals surface area contributed by atoms with E-state index in [1.807, 2.05) is 66.7 Å². The number of ether oxygens (including phenoxy) is 7. The van der Waals surface area contributed by atoms with Gasteiger partial charge in [-0.15, -0.1) is 11.8 Å². The van der Waals surface area contributed by atoms with Crippen molar-refractivity contribution in [1.82, 2.24) is 0 Å². The summed E-state index contributed by atoms with van der Waals surface area (Å²) in [5.74, 6) is 5.77. The third-order valence-corrected chi connectivity index (χ3v) is 8.29. The molecular formula is C35H38O7S.